The van der Waals surface area contributed by atoms with Gasteiger partial charge in [0.1, 0.15) is 36.1 Å². The van der Waals surface area contributed by atoms with E-state index in [4.69, 9.17) is 9.47 Å². The number of hydrogen-bond acceptors (Lipinski definition) is 10. The van der Waals surface area contributed by atoms with Gasteiger partial charge >= 0.3 is 11.9 Å². The fourth-order valence-electron chi connectivity index (χ4n) is 15.6. The number of benzene rings is 8. The van der Waals surface area contributed by atoms with Crippen molar-refractivity contribution in [1.29, 1.82) is 0 Å². The van der Waals surface area contributed by atoms with Crippen LogP contribution in [0.5, 0.6) is 11.5 Å². The van der Waals surface area contributed by atoms with E-state index in [1.54, 1.807) is 60.7 Å². The molecule has 0 radical (unpaired) electrons. The molecule has 12 nitrogen and oxygen atoms in total. The zero-order valence-corrected chi connectivity index (χ0v) is 69.2. The molecule has 0 amide bonds. The number of phenols is 2. The molecule has 108 heavy (non-hydrogen) atoms. The number of hydrogen-bond donors (Lipinski definition) is 4. The normalized spacial score (nSPS) is 12.9. The Hall–Kier alpha value is -7.18. The van der Waals surface area contributed by atoms with Crippen LogP contribution in [0.25, 0.3) is 22.3 Å². The van der Waals surface area contributed by atoms with Crippen molar-refractivity contribution in [2.75, 3.05) is 0 Å². The number of unbranched alkanes of at least 4 members (excludes halogenated alkanes) is 22. The fourth-order valence-corrected chi connectivity index (χ4v) is 18.4. The molecule has 8 aromatic rings. The molecule has 16 heteroatoms. The Morgan fingerprint density at radius 3 is 0.926 bits per heavy atom. The summed E-state index contributed by atoms with van der Waals surface area (Å²) in [6.45, 7) is 5.10. The minimum atomic E-state index is -0.374. The lowest BCUT2D eigenvalue weighted by molar-refractivity contribution is -0.480. The molecule has 2 aliphatic carbocycles. The maximum atomic E-state index is 13.7. The Morgan fingerprint density at radius 1 is 0.343 bits per heavy atom. The Kier molecular flexibility index (Phi) is 33.1. The summed E-state index contributed by atoms with van der Waals surface area (Å²) in [4.78, 5) is 79.9. The summed E-state index contributed by atoms with van der Waals surface area (Å²) in [6, 6.07) is 43.7. The average Bonchev–Trinajstić information content (AvgIpc) is 0.748. The number of carbonyl (C=O) groups excluding carboxylic acids is 6. The fraction of sp³-hybridized carbons (Fsp3) is 0.413. The maximum Gasteiger partial charge on any atom is 0.306 e. The van der Waals surface area contributed by atoms with Crippen LogP contribution in [0.4, 0.5) is 22.7 Å². The third kappa shape index (κ3) is 23.0. The van der Waals surface area contributed by atoms with Crippen LogP contribution in [0.2, 0.25) is 0 Å². The third-order valence-corrected chi connectivity index (χ3v) is 24.4. The van der Waals surface area contributed by atoms with E-state index in [-0.39, 0.29) is 93.2 Å². The Labute approximate surface area is 672 Å². The predicted molar refractivity (Wildman–Crippen MR) is 446 cm³/mol. The second-order valence-electron chi connectivity index (χ2n) is 29.6. The van der Waals surface area contributed by atoms with Crippen LogP contribution in [0, 0.1) is 11.8 Å². The van der Waals surface area contributed by atoms with Crippen molar-refractivity contribution >= 4 is 122 Å². The van der Waals surface area contributed by atoms with Gasteiger partial charge in [0.05, 0.1) is 40.1 Å². The molecular weight excluding hydrogens is 1610 g/mol. The SMILES string of the molecule is CCCCCCC(CCCCCCCCCCCC(=O)OCc1ccc(-c2cc(Br)c([NH2+]c3ccc(O)c4c3C(=O)c3ccccc3C4=O)c(Br)c2)cc1)C(CCCCCC)CCCCCCCCCCCC(=O)OCc1ccc(-c2cc(Br)c([NH2+]c3ccc(O)c4c3C(=O)c3ccccc3C4=O)c(Br)c2)cc1. The summed E-state index contributed by atoms with van der Waals surface area (Å²) in [5.74, 6) is -0.393. The number of phenolic OH excluding ortho intramolecular Hbond substituents is 2. The average molecular weight is 1720 g/mol. The summed E-state index contributed by atoms with van der Waals surface area (Å²) in [5.41, 5.74) is 9.96. The predicted octanol–water partition coefficient (Wildman–Crippen LogP) is 24.6. The molecule has 0 spiro atoms. The number of nitrogens with two attached hydrogens (primary N) is 2. The molecule has 0 heterocycles. The highest BCUT2D eigenvalue weighted by Gasteiger charge is 2.38. The van der Waals surface area contributed by atoms with Crippen molar-refractivity contribution in [1.82, 2.24) is 0 Å². The van der Waals surface area contributed by atoms with Crippen LogP contribution in [-0.2, 0) is 32.3 Å². The molecule has 0 saturated carbocycles. The first-order valence-electron chi connectivity index (χ1n) is 39.8. The monoisotopic (exact) mass is 1710 g/mol. The van der Waals surface area contributed by atoms with Gasteiger partial charge < -0.3 is 19.7 Å². The Balaban J connectivity index is 0.556. The first-order valence-corrected chi connectivity index (χ1v) is 43.0. The van der Waals surface area contributed by atoms with Gasteiger partial charge in [0.15, 0.2) is 22.9 Å². The van der Waals surface area contributed by atoms with Crippen LogP contribution in [0.1, 0.15) is 294 Å². The quantitative estimate of drug-likeness (QED) is 0.0123. The summed E-state index contributed by atoms with van der Waals surface area (Å²) in [5, 5.41) is 25.1. The molecular formula is C92H106Br4N2O10+2. The zero-order valence-electron chi connectivity index (χ0n) is 62.9. The molecule has 6 N–H and O–H groups in total. The molecule has 2 atom stereocenters. The maximum absolute atomic E-state index is 13.7. The second kappa shape index (κ2) is 42.9. The van der Waals surface area contributed by atoms with Crippen molar-refractivity contribution in [2.45, 2.75) is 233 Å². The highest BCUT2D eigenvalue weighted by Crippen LogP contribution is 2.42. The molecule has 0 fully saturated rings. The van der Waals surface area contributed by atoms with Gasteiger partial charge in [-0.2, -0.15) is 0 Å². The minimum absolute atomic E-state index is 0.0212. The number of esters is 2. The Bertz CT molecular complexity index is 4070. The molecule has 2 unspecified atom stereocenters. The van der Waals surface area contributed by atoms with E-state index in [1.807, 2.05) is 83.4 Å². The van der Waals surface area contributed by atoms with Crippen LogP contribution in [0.15, 0.2) is 163 Å². The first-order chi connectivity index (χ1) is 52.5. The van der Waals surface area contributed by atoms with E-state index in [2.05, 4.69) is 77.6 Å². The summed E-state index contributed by atoms with van der Waals surface area (Å²) < 4.78 is 14.5. The van der Waals surface area contributed by atoms with Gasteiger partial charge in [-0.15, -0.1) is 0 Å². The molecule has 0 aliphatic heterocycles. The van der Waals surface area contributed by atoms with Crippen molar-refractivity contribution in [3.63, 3.8) is 0 Å². The largest absolute Gasteiger partial charge is 0.507 e. The molecule has 0 aromatic heterocycles. The molecule has 8 aromatic carbocycles. The number of rotatable bonds is 45. The van der Waals surface area contributed by atoms with Crippen molar-refractivity contribution in [3.8, 4) is 33.8 Å². The van der Waals surface area contributed by atoms with E-state index in [1.165, 1.54) is 166 Å². The first kappa shape index (κ1) is 83.3. The number of ether oxygens (including phenoxy) is 2. The van der Waals surface area contributed by atoms with E-state index in [0.717, 1.165) is 113 Å². The standard InChI is InChI=1S/C92H104Br4N2O10/c1-3-5-7-23-33-63(35-25-19-15-11-9-13-17-21-27-41-81(101)107-59-61-43-47-65(48-44-61)67-55-73(93)87(74(94)56-67)97-77-51-53-79(99)85-83(77)89(103)69-37-29-31-39-71(69)91(85)105)64(34-24-8-6-4-2)36-26-20-16-12-10-14-18-22-28-42-82(102)108-60-62-45-49-66(50-46-62)68-57-75(95)88(76(96)58-68)98-78-52-54-80(100)86-84(78)90(104)70-38-30-32-40-72(70)92(86)106/h29-32,37-40,43-58,63-64,97-100H,3-28,33-36,41-42,59-60H2,1-2H3/p+2. The number of ketones is 4. The van der Waals surface area contributed by atoms with Crippen molar-refractivity contribution < 1.29 is 59.1 Å². The van der Waals surface area contributed by atoms with Gasteiger partial charge in [0, 0.05) is 47.2 Å². The third-order valence-electron chi connectivity index (χ3n) is 21.7. The molecule has 10 rings (SSSR count). The highest BCUT2D eigenvalue weighted by molar-refractivity contribution is 9.11. The van der Waals surface area contributed by atoms with Gasteiger partial charge in [0.25, 0.3) is 0 Å². The van der Waals surface area contributed by atoms with Crippen molar-refractivity contribution in [3.05, 3.63) is 219 Å². The van der Waals surface area contributed by atoms with Crippen LogP contribution >= 0.6 is 63.7 Å². The molecule has 2 aliphatic rings. The summed E-state index contributed by atoms with van der Waals surface area (Å²) in [7, 11) is 0. The lowest BCUT2D eigenvalue weighted by atomic mass is 9.78. The summed E-state index contributed by atoms with van der Waals surface area (Å²) in [6.07, 6.45) is 38.9. The Morgan fingerprint density at radius 2 is 0.620 bits per heavy atom. The van der Waals surface area contributed by atoms with E-state index in [0.29, 0.717) is 35.3 Å². The van der Waals surface area contributed by atoms with Gasteiger partial charge in [-0.05, 0) is 158 Å². The van der Waals surface area contributed by atoms with Gasteiger partial charge in [0.2, 0.25) is 11.6 Å². The van der Waals surface area contributed by atoms with Gasteiger partial charge in [-0.3, -0.25) is 39.4 Å². The smallest absolute Gasteiger partial charge is 0.306 e. The lowest BCUT2D eigenvalue weighted by Gasteiger charge is -2.28. The zero-order chi connectivity index (χ0) is 76.3. The molecule has 0 saturated heterocycles. The molecule has 0 bridgehead atoms. The van der Waals surface area contributed by atoms with Gasteiger partial charge in [-0.1, -0.05) is 291 Å². The number of carbonyl (C=O) groups is 6. The number of fused-ring (bicyclic) bond motifs is 4. The highest BCUT2D eigenvalue weighted by atomic mass is 79.9. The van der Waals surface area contributed by atoms with E-state index in [9.17, 15) is 39.0 Å². The number of aromatic hydroxyl groups is 2. The van der Waals surface area contributed by atoms with E-state index >= 15 is 0 Å². The number of halogens is 4. The number of quaternary nitrogens is 2. The van der Waals surface area contributed by atoms with Crippen LogP contribution in [-0.4, -0.2) is 45.3 Å². The molecule has 570 valence electrons. The second-order valence-corrected chi connectivity index (χ2v) is 33.0. The van der Waals surface area contributed by atoms with Crippen LogP contribution in [0.3, 0.4) is 0 Å². The summed E-state index contributed by atoms with van der Waals surface area (Å²) >= 11 is 15.0. The van der Waals surface area contributed by atoms with Gasteiger partial charge in [-0.25, -0.2) is 0 Å². The van der Waals surface area contributed by atoms with Crippen molar-refractivity contribution in [2.24, 2.45) is 11.8 Å². The van der Waals surface area contributed by atoms with Crippen LogP contribution < -0.4 is 10.6 Å². The van der Waals surface area contributed by atoms with E-state index < -0.39 is 0 Å². The topological polar surface area (TPSA) is 195 Å². The lowest BCUT2D eigenvalue weighted by Crippen LogP contribution is -2.72. The minimum Gasteiger partial charge on any atom is -0.507 e.